The molecule has 5 rings (SSSR count). The third-order valence-electron chi connectivity index (χ3n) is 5.28. The summed E-state index contributed by atoms with van der Waals surface area (Å²) < 4.78 is 6.93. The van der Waals surface area contributed by atoms with E-state index in [1.807, 2.05) is 66.7 Å². The molecular weight excluding hydrogens is 480 g/mol. The second kappa shape index (κ2) is 10.7. The highest BCUT2D eigenvalue weighted by atomic mass is 32.2. The Labute approximate surface area is 210 Å². The van der Waals surface area contributed by atoms with Gasteiger partial charge in [0.25, 0.3) is 5.56 Å². The van der Waals surface area contributed by atoms with Gasteiger partial charge in [-0.15, -0.1) is 10.2 Å². The summed E-state index contributed by atoms with van der Waals surface area (Å²) in [5, 5.41) is 14.6. The number of nitrogens with zero attached hydrogens (tertiary/aromatic N) is 5. The van der Waals surface area contributed by atoms with E-state index in [0.29, 0.717) is 39.9 Å². The predicted octanol–water partition coefficient (Wildman–Crippen LogP) is 4.93. The normalized spacial score (nSPS) is 11.0. The van der Waals surface area contributed by atoms with Crippen molar-refractivity contribution in [1.82, 2.24) is 24.7 Å². The zero-order valence-corrected chi connectivity index (χ0v) is 20.6. The quantitative estimate of drug-likeness (QED) is 0.224. The van der Waals surface area contributed by atoms with Gasteiger partial charge in [-0.1, -0.05) is 41.3 Å². The molecule has 0 unspecified atom stereocenters. The number of aromatic nitrogens is 5. The molecule has 2 aromatic carbocycles. The van der Waals surface area contributed by atoms with E-state index in [-0.39, 0.29) is 5.56 Å². The fourth-order valence-corrected chi connectivity index (χ4v) is 5.29. The molecule has 10 heteroatoms. The Balaban J connectivity index is 1.34. The van der Waals surface area contributed by atoms with E-state index in [4.69, 9.17) is 9.72 Å². The van der Waals surface area contributed by atoms with Crippen molar-refractivity contribution < 1.29 is 4.74 Å². The first-order valence-corrected chi connectivity index (χ1v) is 12.8. The molecule has 35 heavy (non-hydrogen) atoms. The Kier molecular flexibility index (Phi) is 7.01. The predicted molar refractivity (Wildman–Crippen MR) is 140 cm³/mol. The maximum absolute atomic E-state index is 13.3. The van der Waals surface area contributed by atoms with Gasteiger partial charge in [-0.3, -0.25) is 14.3 Å². The van der Waals surface area contributed by atoms with E-state index in [1.54, 1.807) is 17.9 Å². The van der Waals surface area contributed by atoms with Crippen LogP contribution < -0.4 is 15.6 Å². The lowest BCUT2D eigenvalue weighted by atomic mass is 10.2. The maximum atomic E-state index is 13.3. The topological polar surface area (TPSA) is 94.8 Å². The van der Waals surface area contributed by atoms with Gasteiger partial charge in [0, 0.05) is 30.5 Å². The first-order valence-electron chi connectivity index (χ1n) is 11.0. The van der Waals surface area contributed by atoms with Gasteiger partial charge in [-0.25, -0.2) is 4.98 Å². The number of benzene rings is 2. The van der Waals surface area contributed by atoms with Crippen LogP contribution in [0.2, 0.25) is 0 Å². The van der Waals surface area contributed by atoms with Crippen molar-refractivity contribution in [2.75, 3.05) is 12.4 Å². The second-order valence-electron chi connectivity index (χ2n) is 7.58. The first-order chi connectivity index (χ1) is 17.2. The lowest BCUT2D eigenvalue weighted by Gasteiger charge is -2.12. The van der Waals surface area contributed by atoms with Crippen LogP contribution in [0.4, 0.5) is 10.8 Å². The Morgan fingerprint density at radius 3 is 2.66 bits per heavy atom. The van der Waals surface area contributed by atoms with Crippen LogP contribution in [0.1, 0.15) is 10.7 Å². The molecule has 0 saturated heterocycles. The van der Waals surface area contributed by atoms with Crippen LogP contribution in [0.15, 0.2) is 82.9 Å². The number of thioether (sulfide) groups is 1. The lowest BCUT2D eigenvalue weighted by Crippen LogP contribution is -2.24. The Hall–Kier alpha value is -3.76. The molecule has 1 N–H and O–H groups in total. The zero-order chi connectivity index (χ0) is 24.0. The smallest absolute Gasteiger partial charge is 0.262 e. The summed E-state index contributed by atoms with van der Waals surface area (Å²) in [5.41, 5.74) is 2.48. The number of pyridine rings is 1. The van der Waals surface area contributed by atoms with Gasteiger partial charge in [0.15, 0.2) is 5.16 Å². The SMILES string of the molecule is COc1ccc(Nc2nnc(CSc3nc4ccccc4c(=O)n3CCc3ccccn3)s2)cc1. The van der Waals surface area contributed by atoms with Crippen molar-refractivity contribution in [2.45, 2.75) is 23.9 Å². The van der Waals surface area contributed by atoms with Gasteiger partial charge in [-0.05, 0) is 48.5 Å². The molecule has 0 atom stereocenters. The van der Waals surface area contributed by atoms with Crippen LogP contribution in [0.25, 0.3) is 10.9 Å². The van der Waals surface area contributed by atoms with Crippen molar-refractivity contribution >= 4 is 44.8 Å². The highest BCUT2D eigenvalue weighted by molar-refractivity contribution is 7.98. The third kappa shape index (κ3) is 5.50. The summed E-state index contributed by atoms with van der Waals surface area (Å²) in [5.74, 6) is 1.35. The first kappa shape index (κ1) is 23.0. The standard InChI is InChI=1S/C25H22N6O2S2/c1-33-19-11-9-18(10-12-19)27-24-30-29-22(35-24)16-34-25-28-21-8-3-2-7-20(21)23(32)31(25)15-13-17-6-4-5-14-26-17/h2-12,14H,13,15-16H2,1H3,(H,27,30). The van der Waals surface area contributed by atoms with E-state index in [9.17, 15) is 4.79 Å². The van der Waals surface area contributed by atoms with E-state index >= 15 is 0 Å². The summed E-state index contributed by atoms with van der Waals surface area (Å²) in [6.07, 6.45) is 2.41. The van der Waals surface area contributed by atoms with Crippen LogP contribution in [0.3, 0.4) is 0 Å². The number of ether oxygens (including phenoxy) is 1. The van der Waals surface area contributed by atoms with E-state index < -0.39 is 0 Å². The minimum Gasteiger partial charge on any atom is -0.497 e. The number of hydrogen-bond acceptors (Lipinski definition) is 9. The molecule has 0 aliphatic carbocycles. The molecule has 0 fully saturated rings. The third-order valence-corrected chi connectivity index (χ3v) is 7.29. The van der Waals surface area contributed by atoms with Crippen LogP contribution in [0, 0.1) is 0 Å². The largest absolute Gasteiger partial charge is 0.497 e. The molecule has 5 aromatic rings. The maximum Gasteiger partial charge on any atom is 0.262 e. The van der Waals surface area contributed by atoms with Crippen LogP contribution in [-0.2, 0) is 18.7 Å². The minimum absolute atomic E-state index is 0.0480. The van der Waals surface area contributed by atoms with E-state index in [2.05, 4.69) is 20.5 Å². The average Bonchev–Trinajstić information content (AvgIpc) is 3.35. The molecule has 3 heterocycles. The minimum atomic E-state index is -0.0480. The summed E-state index contributed by atoms with van der Waals surface area (Å²) >= 11 is 2.95. The molecule has 3 aromatic heterocycles. The fourth-order valence-electron chi connectivity index (χ4n) is 3.51. The highest BCUT2D eigenvalue weighted by Crippen LogP contribution is 2.27. The molecule has 0 saturated carbocycles. The molecule has 176 valence electrons. The zero-order valence-electron chi connectivity index (χ0n) is 18.9. The molecule has 0 aliphatic rings. The van der Waals surface area contributed by atoms with Crippen molar-refractivity contribution in [3.8, 4) is 5.75 Å². The number of hydrogen-bond donors (Lipinski definition) is 1. The van der Waals surface area contributed by atoms with Gasteiger partial charge in [0.1, 0.15) is 10.8 Å². The number of nitrogens with one attached hydrogen (secondary N) is 1. The number of fused-ring (bicyclic) bond motifs is 1. The monoisotopic (exact) mass is 502 g/mol. The van der Waals surface area contributed by atoms with Gasteiger partial charge in [-0.2, -0.15) is 0 Å². The Morgan fingerprint density at radius 1 is 1.03 bits per heavy atom. The molecule has 0 aliphatic heterocycles. The lowest BCUT2D eigenvalue weighted by molar-refractivity contribution is 0.415. The number of para-hydroxylation sites is 1. The average molecular weight is 503 g/mol. The van der Waals surface area contributed by atoms with Crippen LogP contribution in [-0.4, -0.2) is 31.8 Å². The second-order valence-corrected chi connectivity index (χ2v) is 9.59. The van der Waals surface area contributed by atoms with Crippen molar-refractivity contribution in [3.05, 3.63) is 94.0 Å². The van der Waals surface area contributed by atoms with Gasteiger partial charge < -0.3 is 10.1 Å². The molecular formula is C25H22N6O2S2. The molecule has 8 nitrogen and oxygen atoms in total. The number of methoxy groups -OCH3 is 1. The van der Waals surface area contributed by atoms with Crippen molar-refractivity contribution in [2.24, 2.45) is 0 Å². The van der Waals surface area contributed by atoms with Gasteiger partial charge in [0.05, 0.1) is 23.8 Å². The number of anilines is 2. The number of rotatable bonds is 9. The molecule has 0 amide bonds. The number of aryl methyl sites for hydroxylation is 1. The summed E-state index contributed by atoms with van der Waals surface area (Å²) in [6.45, 7) is 0.496. The van der Waals surface area contributed by atoms with E-state index in [0.717, 1.165) is 22.1 Å². The van der Waals surface area contributed by atoms with Crippen molar-refractivity contribution in [3.63, 3.8) is 0 Å². The van der Waals surface area contributed by atoms with E-state index in [1.165, 1.54) is 23.1 Å². The summed E-state index contributed by atoms with van der Waals surface area (Å²) in [4.78, 5) is 22.5. The summed E-state index contributed by atoms with van der Waals surface area (Å²) in [6, 6.07) is 20.9. The van der Waals surface area contributed by atoms with Gasteiger partial charge >= 0.3 is 0 Å². The van der Waals surface area contributed by atoms with Gasteiger partial charge in [0.2, 0.25) is 5.13 Å². The molecule has 0 radical (unpaired) electrons. The highest BCUT2D eigenvalue weighted by Gasteiger charge is 2.14. The molecule has 0 spiro atoms. The van der Waals surface area contributed by atoms with Crippen LogP contribution in [0.5, 0.6) is 5.75 Å². The van der Waals surface area contributed by atoms with Crippen LogP contribution >= 0.6 is 23.1 Å². The Morgan fingerprint density at radius 2 is 1.86 bits per heavy atom. The summed E-state index contributed by atoms with van der Waals surface area (Å²) in [7, 11) is 1.64. The Bertz CT molecular complexity index is 1490. The van der Waals surface area contributed by atoms with Crippen molar-refractivity contribution in [1.29, 1.82) is 0 Å². The fraction of sp³-hybridized carbons (Fsp3) is 0.160. The molecule has 0 bridgehead atoms.